The highest BCUT2D eigenvalue weighted by Gasteiger charge is 2.35. The molecule has 2 heterocycles. The van der Waals surface area contributed by atoms with Gasteiger partial charge in [0.2, 0.25) is 0 Å². The van der Waals surface area contributed by atoms with E-state index in [1.165, 1.54) is 12.0 Å². The summed E-state index contributed by atoms with van der Waals surface area (Å²) in [6.45, 7) is 1.75. The molecule has 1 aliphatic heterocycles. The molecule has 0 radical (unpaired) electrons. The van der Waals surface area contributed by atoms with E-state index < -0.39 is 12.0 Å². The summed E-state index contributed by atoms with van der Waals surface area (Å²) in [5, 5.41) is 2.88. The number of rotatable bonds is 3. The molecule has 3 rings (SSSR count). The summed E-state index contributed by atoms with van der Waals surface area (Å²) in [5.41, 5.74) is 2.17. The predicted octanol–water partition coefficient (Wildman–Crippen LogP) is 3.56. The van der Waals surface area contributed by atoms with Crippen LogP contribution in [0.3, 0.4) is 0 Å². The van der Waals surface area contributed by atoms with Crippen molar-refractivity contribution in [3.63, 3.8) is 0 Å². The Balaban J connectivity index is 2.02. The van der Waals surface area contributed by atoms with Gasteiger partial charge in [-0.05, 0) is 24.6 Å². The quantitative estimate of drug-likeness (QED) is 0.868. The number of carbonyl (C=O) groups excluding carboxylic acids is 2. The van der Waals surface area contributed by atoms with Gasteiger partial charge in [-0.15, -0.1) is 11.3 Å². The van der Waals surface area contributed by atoms with E-state index in [4.69, 9.17) is 4.74 Å². The van der Waals surface area contributed by atoms with E-state index in [0.29, 0.717) is 11.3 Å². The van der Waals surface area contributed by atoms with E-state index in [-0.39, 0.29) is 6.03 Å². The second kappa shape index (κ2) is 6.49. The predicted molar refractivity (Wildman–Crippen MR) is 93.5 cm³/mol. The Bertz CT molecular complexity index is 811. The Morgan fingerprint density at radius 2 is 1.92 bits per heavy atom. The molecular formula is C18H18N2O3S. The van der Waals surface area contributed by atoms with Crippen LogP contribution in [-0.2, 0) is 9.53 Å². The van der Waals surface area contributed by atoms with Crippen molar-refractivity contribution in [1.82, 2.24) is 10.2 Å². The third-order valence-electron chi connectivity index (χ3n) is 4.13. The second-order valence-corrected chi connectivity index (χ2v) is 6.62. The average molecular weight is 342 g/mol. The number of hydrogen-bond acceptors (Lipinski definition) is 4. The summed E-state index contributed by atoms with van der Waals surface area (Å²) in [6, 6.07) is 13.2. The fourth-order valence-corrected chi connectivity index (χ4v) is 3.76. The van der Waals surface area contributed by atoms with E-state index in [2.05, 4.69) is 5.32 Å². The molecule has 124 valence electrons. The fraction of sp³-hybridized carbons (Fsp3) is 0.222. The molecule has 6 heteroatoms. The number of amides is 2. The summed E-state index contributed by atoms with van der Waals surface area (Å²) < 4.78 is 4.92. The lowest BCUT2D eigenvalue weighted by Crippen LogP contribution is -2.45. The number of nitrogens with zero attached hydrogens (tertiary/aromatic N) is 1. The molecule has 0 unspecified atom stereocenters. The van der Waals surface area contributed by atoms with Crippen molar-refractivity contribution in [2.24, 2.45) is 0 Å². The van der Waals surface area contributed by atoms with Gasteiger partial charge in [-0.1, -0.05) is 30.3 Å². The van der Waals surface area contributed by atoms with Gasteiger partial charge in [0.25, 0.3) is 0 Å². The summed E-state index contributed by atoms with van der Waals surface area (Å²) in [5.74, 6) is -0.431. The van der Waals surface area contributed by atoms with Gasteiger partial charge in [0.1, 0.15) is 0 Å². The zero-order chi connectivity index (χ0) is 17.3. The van der Waals surface area contributed by atoms with Crippen molar-refractivity contribution in [2.45, 2.75) is 13.0 Å². The topological polar surface area (TPSA) is 58.6 Å². The Labute approximate surface area is 144 Å². The number of benzene rings is 1. The average Bonchev–Trinajstić information content (AvgIpc) is 3.09. The number of carbonyl (C=O) groups is 2. The summed E-state index contributed by atoms with van der Waals surface area (Å²) >= 11 is 1.55. The fourth-order valence-electron chi connectivity index (χ4n) is 2.69. The van der Waals surface area contributed by atoms with Crippen molar-refractivity contribution in [2.75, 3.05) is 14.2 Å². The van der Waals surface area contributed by atoms with Crippen molar-refractivity contribution >= 4 is 23.3 Å². The van der Waals surface area contributed by atoms with Crippen LogP contribution in [-0.4, -0.2) is 31.1 Å². The molecule has 0 fully saturated rings. The maximum atomic E-state index is 12.2. The SMILES string of the molecule is COC(=O)C1=C(C)N(C)C(=O)N[C@H]1c1ccc(-c2ccccc2)s1. The number of allylic oxidation sites excluding steroid dienone is 1. The normalized spacial score (nSPS) is 17.7. The summed E-state index contributed by atoms with van der Waals surface area (Å²) in [4.78, 5) is 27.8. The van der Waals surface area contributed by atoms with Gasteiger partial charge >= 0.3 is 12.0 Å². The molecule has 24 heavy (non-hydrogen) atoms. The van der Waals surface area contributed by atoms with Crippen LogP contribution in [0.15, 0.2) is 53.7 Å². The van der Waals surface area contributed by atoms with Crippen LogP contribution < -0.4 is 5.32 Å². The molecule has 1 aliphatic rings. The molecule has 2 aromatic rings. The first-order valence-corrected chi connectivity index (χ1v) is 8.33. The zero-order valence-corrected chi connectivity index (χ0v) is 14.5. The van der Waals surface area contributed by atoms with Crippen molar-refractivity contribution in [3.8, 4) is 10.4 Å². The van der Waals surface area contributed by atoms with Gasteiger partial charge in [0.05, 0.1) is 18.7 Å². The number of nitrogens with one attached hydrogen (secondary N) is 1. The van der Waals surface area contributed by atoms with Crippen molar-refractivity contribution < 1.29 is 14.3 Å². The van der Waals surface area contributed by atoms with Crippen LogP contribution in [0.2, 0.25) is 0 Å². The van der Waals surface area contributed by atoms with Crippen LogP contribution in [0.25, 0.3) is 10.4 Å². The van der Waals surface area contributed by atoms with E-state index in [0.717, 1.165) is 15.3 Å². The minimum atomic E-state index is -0.497. The van der Waals surface area contributed by atoms with Crippen LogP contribution >= 0.6 is 11.3 Å². The molecule has 1 aromatic heterocycles. The first kappa shape index (κ1) is 16.3. The highest BCUT2D eigenvalue weighted by molar-refractivity contribution is 7.15. The zero-order valence-electron chi connectivity index (χ0n) is 13.7. The molecule has 0 bridgehead atoms. The number of esters is 1. The molecule has 1 atom stereocenters. The minimum absolute atomic E-state index is 0.236. The Hall–Kier alpha value is -2.60. The monoisotopic (exact) mass is 342 g/mol. The first-order chi connectivity index (χ1) is 11.5. The van der Waals surface area contributed by atoms with Gasteiger partial charge in [-0.2, -0.15) is 0 Å². The molecular weight excluding hydrogens is 324 g/mol. The maximum Gasteiger partial charge on any atom is 0.338 e. The second-order valence-electron chi connectivity index (χ2n) is 5.50. The third-order valence-corrected chi connectivity index (χ3v) is 5.33. The number of thiophene rings is 1. The van der Waals surface area contributed by atoms with Crippen molar-refractivity contribution in [3.05, 3.63) is 58.6 Å². The maximum absolute atomic E-state index is 12.2. The smallest absolute Gasteiger partial charge is 0.338 e. The van der Waals surface area contributed by atoms with E-state index in [1.807, 2.05) is 42.5 Å². The van der Waals surface area contributed by atoms with Gasteiger partial charge < -0.3 is 15.0 Å². The van der Waals surface area contributed by atoms with Crippen molar-refractivity contribution in [1.29, 1.82) is 0 Å². The van der Waals surface area contributed by atoms with E-state index in [1.54, 1.807) is 25.3 Å². The van der Waals surface area contributed by atoms with Crippen LogP contribution in [0.4, 0.5) is 4.79 Å². The van der Waals surface area contributed by atoms with Crippen LogP contribution in [0.5, 0.6) is 0 Å². The van der Waals surface area contributed by atoms with Gasteiger partial charge in [-0.3, -0.25) is 0 Å². The minimum Gasteiger partial charge on any atom is -0.466 e. The molecule has 0 saturated heterocycles. The van der Waals surface area contributed by atoms with Crippen LogP contribution in [0.1, 0.15) is 17.8 Å². The Morgan fingerprint density at radius 3 is 2.58 bits per heavy atom. The lowest BCUT2D eigenvalue weighted by Gasteiger charge is -2.32. The van der Waals surface area contributed by atoms with E-state index in [9.17, 15) is 9.59 Å². The number of methoxy groups -OCH3 is 1. The van der Waals surface area contributed by atoms with Gasteiger partial charge in [0.15, 0.2) is 0 Å². The lowest BCUT2D eigenvalue weighted by atomic mass is 10.0. The largest absolute Gasteiger partial charge is 0.466 e. The molecule has 1 N–H and O–H groups in total. The highest BCUT2D eigenvalue weighted by Crippen LogP contribution is 2.37. The molecule has 1 aromatic carbocycles. The number of hydrogen-bond donors (Lipinski definition) is 1. The van der Waals surface area contributed by atoms with Gasteiger partial charge in [-0.25, -0.2) is 9.59 Å². The molecule has 5 nitrogen and oxygen atoms in total. The standard InChI is InChI=1S/C18H18N2O3S/c1-11-15(17(21)23-3)16(19-18(22)20(11)2)14-10-9-13(24-14)12-7-5-4-6-8-12/h4-10,16H,1-3H3,(H,19,22)/t16-/m0/s1. The number of ether oxygens (including phenoxy) is 1. The van der Waals surface area contributed by atoms with Gasteiger partial charge in [0, 0.05) is 22.5 Å². The summed E-state index contributed by atoms with van der Waals surface area (Å²) in [7, 11) is 2.98. The lowest BCUT2D eigenvalue weighted by molar-refractivity contribution is -0.136. The molecule has 0 saturated carbocycles. The molecule has 0 spiro atoms. The Kier molecular flexibility index (Phi) is 4.40. The number of urea groups is 1. The summed E-state index contributed by atoms with van der Waals surface area (Å²) in [6.07, 6.45) is 0. The highest BCUT2D eigenvalue weighted by atomic mass is 32.1. The molecule has 0 aliphatic carbocycles. The third kappa shape index (κ3) is 2.80. The molecule has 2 amide bonds. The first-order valence-electron chi connectivity index (χ1n) is 7.51. The Morgan fingerprint density at radius 1 is 1.21 bits per heavy atom. The van der Waals surface area contributed by atoms with Crippen LogP contribution in [0, 0.1) is 0 Å². The van der Waals surface area contributed by atoms with E-state index >= 15 is 0 Å².